The van der Waals surface area contributed by atoms with Crippen molar-refractivity contribution in [3.63, 3.8) is 0 Å². The molecular formula is C14H20O2S. The highest BCUT2D eigenvalue weighted by atomic mass is 32.2. The average Bonchev–Trinajstić information content (AvgIpc) is 2.29. The second-order valence-electron chi connectivity index (χ2n) is 4.03. The van der Waals surface area contributed by atoms with Crippen LogP contribution in [0.25, 0.3) is 0 Å². The molecule has 2 nitrogen and oxygen atoms in total. The number of rotatable bonds is 6. The van der Waals surface area contributed by atoms with Crippen molar-refractivity contribution in [2.75, 3.05) is 12.4 Å². The van der Waals surface area contributed by atoms with Crippen LogP contribution in [0.15, 0.2) is 23.1 Å². The molecule has 0 N–H and O–H groups in total. The fourth-order valence-corrected chi connectivity index (χ4v) is 2.57. The highest BCUT2D eigenvalue weighted by Crippen LogP contribution is 2.24. The van der Waals surface area contributed by atoms with E-state index in [4.69, 9.17) is 4.74 Å². The van der Waals surface area contributed by atoms with Gasteiger partial charge in [-0.2, -0.15) is 0 Å². The van der Waals surface area contributed by atoms with Gasteiger partial charge in [0.2, 0.25) is 0 Å². The van der Waals surface area contributed by atoms with Crippen LogP contribution < -0.4 is 0 Å². The van der Waals surface area contributed by atoms with Crippen LogP contribution in [-0.2, 0) is 9.53 Å². The molecule has 0 amide bonds. The molecule has 0 aromatic heterocycles. The molecule has 0 bridgehead atoms. The predicted molar refractivity (Wildman–Crippen MR) is 72.5 cm³/mol. The number of ether oxygens (including phenoxy) is 1. The van der Waals surface area contributed by atoms with Crippen molar-refractivity contribution in [1.82, 2.24) is 0 Å². The summed E-state index contributed by atoms with van der Waals surface area (Å²) in [6, 6.07) is 6.46. The van der Waals surface area contributed by atoms with Crippen LogP contribution >= 0.6 is 11.8 Å². The van der Waals surface area contributed by atoms with Gasteiger partial charge in [-0.1, -0.05) is 17.7 Å². The van der Waals surface area contributed by atoms with E-state index in [1.807, 2.05) is 18.7 Å². The molecule has 0 radical (unpaired) electrons. The maximum Gasteiger partial charge on any atom is 0.305 e. The summed E-state index contributed by atoms with van der Waals surface area (Å²) in [6.07, 6.45) is 1.39. The summed E-state index contributed by atoms with van der Waals surface area (Å²) < 4.78 is 4.89. The highest BCUT2D eigenvalue weighted by Gasteiger charge is 2.03. The van der Waals surface area contributed by atoms with E-state index < -0.39 is 0 Å². The maximum absolute atomic E-state index is 11.1. The molecule has 0 spiro atoms. The summed E-state index contributed by atoms with van der Waals surface area (Å²) in [7, 11) is 0. The third kappa shape index (κ3) is 5.26. The van der Waals surface area contributed by atoms with E-state index in [1.165, 1.54) is 16.0 Å². The zero-order valence-electron chi connectivity index (χ0n) is 10.8. The number of benzene rings is 1. The standard InChI is InChI=1S/C14H20O2S/c1-4-16-14(15)6-5-9-17-13-10-11(2)7-8-12(13)3/h7-8,10H,4-6,9H2,1-3H3. The third-order valence-electron chi connectivity index (χ3n) is 2.43. The lowest BCUT2D eigenvalue weighted by molar-refractivity contribution is -0.143. The minimum absolute atomic E-state index is 0.0888. The molecule has 0 aliphatic rings. The number of aryl methyl sites for hydroxylation is 2. The van der Waals surface area contributed by atoms with Crippen LogP contribution in [0.3, 0.4) is 0 Å². The van der Waals surface area contributed by atoms with Crippen LogP contribution in [0.2, 0.25) is 0 Å². The van der Waals surface area contributed by atoms with E-state index >= 15 is 0 Å². The van der Waals surface area contributed by atoms with Crippen molar-refractivity contribution in [2.45, 2.75) is 38.5 Å². The molecule has 94 valence electrons. The van der Waals surface area contributed by atoms with Gasteiger partial charge in [0.1, 0.15) is 0 Å². The average molecular weight is 252 g/mol. The topological polar surface area (TPSA) is 26.3 Å². The summed E-state index contributed by atoms with van der Waals surface area (Å²) in [6.45, 7) is 6.53. The fraction of sp³-hybridized carbons (Fsp3) is 0.500. The molecular weight excluding hydrogens is 232 g/mol. The van der Waals surface area contributed by atoms with Crippen molar-refractivity contribution >= 4 is 17.7 Å². The Labute approximate surface area is 108 Å². The maximum atomic E-state index is 11.1. The largest absolute Gasteiger partial charge is 0.466 e. The molecule has 0 saturated carbocycles. The van der Waals surface area contributed by atoms with Gasteiger partial charge in [0.15, 0.2) is 0 Å². The Bertz CT molecular complexity index is 374. The fourth-order valence-electron chi connectivity index (χ4n) is 1.49. The summed E-state index contributed by atoms with van der Waals surface area (Å²) in [5.41, 5.74) is 2.58. The Morgan fingerprint density at radius 2 is 2.12 bits per heavy atom. The molecule has 0 aliphatic heterocycles. The van der Waals surface area contributed by atoms with Gasteiger partial charge in [0.25, 0.3) is 0 Å². The third-order valence-corrected chi connectivity index (χ3v) is 3.68. The van der Waals surface area contributed by atoms with Crippen LogP contribution in [-0.4, -0.2) is 18.3 Å². The van der Waals surface area contributed by atoms with Crippen molar-refractivity contribution < 1.29 is 9.53 Å². The van der Waals surface area contributed by atoms with E-state index in [0.29, 0.717) is 13.0 Å². The van der Waals surface area contributed by atoms with E-state index in [-0.39, 0.29) is 5.97 Å². The summed E-state index contributed by atoms with van der Waals surface area (Å²) in [4.78, 5) is 12.5. The first-order chi connectivity index (χ1) is 8.13. The number of carbonyl (C=O) groups excluding carboxylic acids is 1. The number of carbonyl (C=O) groups is 1. The van der Waals surface area contributed by atoms with Gasteiger partial charge < -0.3 is 4.74 Å². The summed E-state index contributed by atoms with van der Waals surface area (Å²) in [5.74, 6) is 0.873. The van der Waals surface area contributed by atoms with Gasteiger partial charge >= 0.3 is 5.97 Å². The SMILES string of the molecule is CCOC(=O)CCCSc1cc(C)ccc1C. The summed E-state index contributed by atoms with van der Waals surface area (Å²) in [5, 5.41) is 0. The number of hydrogen-bond acceptors (Lipinski definition) is 3. The quantitative estimate of drug-likeness (QED) is 0.438. The van der Waals surface area contributed by atoms with Gasteiger partial charge in [-0.3, -0.25) is 4.79 Å². The molecule has 1 aromatic rings. The normalized spacial score (nSPS) is 10.3. The molecule has 0 aliphatic carbocycles. The molecule has 1 rings (SSSR count). The van der Waals surface area contributed by atoms with E-state index in [1.54, 1.807) is 0 Å². The molecule has 1 aromatic carbocycles. The Morgan fingerprint density at radius 3 is 2.82 bits per heavy atom. The molecule has 0 heterocycles. The number of hydrogen-bond donors (Lipinski definition) is 0. The number of esters is 1. The molecule has 0 unspecified atom stereocenters. The second kappa shape index (κ2) is 7.38. The Hall–Kier alpha value is -0.960. The van der Waals surface area contributed by atoms with E-state index in [9.17, 15) is 4.79 Å². The summed E-state index contributed by atoms with van der Waals surface area (Å²) >= 11 is 1.81. The first-order valence-electron chi connectivity index (χ1n) is 5.99. The van der Waals surface area contributed by atoms with Crippen LogP contribution in [0, 0.1) is 13.8 Å². The molecule has 3 heteroatoms. The van der Waals surface area contributed by atoms with Crippen LogP contribution in [0.1, 0.15) is 30.9 Å². The second-order valence-corrected chi connectivity index (χ2v) is 5.16. The minimum atomic E-state index is -0.0888. The van der Waals surface area contributed by atoms with Crippen molar-refractivity contribution in [1.29, 1.82) is 0 Å². The van der Waals surface area contributed by atoms with Gasteiger partial charge in [-0.25, -0.2) is 0 Å². The van der Waals surface area contributed by atoms with E-state index in [2.05, 4.69) is 32.0 Å². The minimum Gasteiger partial charge on any atom is -0.466 e. The predicted octanol–water partition coefficient (Wildman–Crippen LogP) is 3.74. The Morgan fingerprint density at radius 1 is 1.35 bits per heavy atom. The smallest absolute Gasteiger partial charge is 0.305 e. The van der Waals surface area contributed by atoms with Gasteiger partial charge in [0.05, 0.1) is 6.61 Å². The number of thioether (sulfide) groups is 1. The van der Waals surface area contributed by atoms with Gasteiger partial charge in [-0.05, 0) is 44.6 Å². The van der Waals surface area contributed by atoms with Gasteiger partial charge in [0, 0.05) is 11.3 Å². The van der Waals surface area contributed by atoms with Crippen molar-refractivity contribution in [3.8, 4) is 0 Å². The lowest BCUT2D eigenvalue weighted by Gasteiger charge is -2.06. The zero-order valence-corrected chi connectivity index (χ0v) is 11.6. The molecule has 0 atom stereocenters. The molecule has 0 saturated heterocycles. The highest BCUT2D eigenvalue weighted by molar-refractivity contribution is 7.99. The molecule has 17 heavy (non-hydrogen) atoms. The van der Waals surface area contributed by atoms with Crippen molar-refractivity contribution in [3.05, 3.63) is 29.3 Å². The van der Waals surface area contributed by atoms with Gasteiger partial charge in [-0.15, -0.1) is 11.8 Å². The van der Waals surface area contributed by atoms with Crippen LogP contribution in [0.4, 0.5) is 0 Å². The van der Waals surface area contributed by atoms with E-state index in [0.717, 1.165) is 12.2 Å². The molecule has 0 fully saturated rings. The lowest BCUT2D eigenvalue weighted by atomic mass is 10.2. The zero-order chi connectivity index (χ0) is 12.7. The first-order valence-corrected chi connectivity index (χ1v) is 6.97. The Kier molecular flexibility index (Phi) is 6.12. The van der Waals surface area contributed by atoms with Crippen molar-refractivity contribution in [2.24, 2.45) is 0 Å². The lowest BCUT2D eigenvalue weighted by Crippen LogP contribution is -2.03. The first kappa shape index (κ1) is 14.1. The van der Waals surface area contributed by atoms with Crippen LogP contribution in [0.5, 0.6) is 0 Å². The monoisotopic (exact) mass is 252 g/mol. The Balaban J connectivity index is 2.31.